The molecule has 0 aromatic rings. The van der Waals surface area contributed by atoms with Crippen molar-refractivity contribution in [3.63, 3.8) is 0 Å². The second-order valence-electron chi connectivity index (χ2n) is 7.20. The highest BCUT2D eigenvalue weighted by molar-refractivity contribution is 6.80. The molecule has 0 aliphatic rings. The highest BCUT2D eigenvalue weighted by Gasteiger charge is 2.32. The maximum Gasteiger partial charge on any atom is 0.545 e. The Hall–Kier alpha value is 0.924. The van der Waals surface area contributed by atoms with Crippen LogP contribution < -0.4 is 0 Å². The molecular formula is C9H29O4Si5. The van der Waals surface area contributed by atoms with Crippen LogP contribution in [-0.4, -0.2) is 44.5 Å². The lowest BCUT2D eigenvalue weighted by molar-refractivity contribution is 0.290. The van der Waals surface area contributed by atoms with E-state index in [4.69, 9.17) is 16.5 Å². The fourth-order valence-electron chi connectivity index (χ4n) is 0.834. The molecule has 0 saturated heterocycles. The Labute approximate surface area is 120 Å². The van der Waals surface area contributed by atoms with Crippen molar-refractivity contribution in [2.75, 3.05) is 0 Å². The molecule has 0 atom stereocenters. The lowest BCUT2D eigenvalue weighted by Gasteiger charge is -2.29. The summed E-state index contributed by atoms with van der Waals surface area (Å²) < 4.78 is 23.7. The summed E-state index contributed by atoms with van der Waals surface area (Å²) in [6, 6.07) is 0. The molecule has 0 spiro atoms. The van der Waals surface area contributed by atoms with Crippen molar-refractivity contribution in [2.24, 2.45) is 0 Å². The summed E-state index contributed by atoms with van der Waals surface area (Å²) in [5.74, 6) is 0. The Balaban J connectivity index is 4.31. The molecule has 0 rings (SSSR count). The maximum atomic E-state index is 6.03. The van der Waals surface area contributed by atoms with E-state index in [1.54, 1.807) is 0 Å². The Kier molecular flexibility index (Phi) is 7.45. The molecule has 18 heavy (non-hydrogen) atoms. The molecule has 0 aliphatic heterocycles. The maximum absolute atomic E-state index is 6.03. The van der Waals surface area contributed by atoms with E-state index in [0.717, 1.165) is 0 Å². The van der Waals surface area contributed by atoms with Gasteiger partial charge < -0.3 is 16.5 Å². The van der Waals surface area contributed by atoms with Gasteiger partial charge in [0.05, 0.1) is 0 Å². The minimum absolute atomic E-state index is 0.977. The first-order valence-corrected chi connectivity index (χ1v) is 18.9. The van der Waals surface area contributed by atoms with Gasteiger partial charge in [0.1, 0.15) is 0 Å². The Bertz CT molecular complexity index is 227. The largest absolute Gasteiger partial charge is 0.545 e. The number of hydrogen-bond acceptors (Lipinski definition) is 4. The van der Waals surface area contributed by atoms with Crippen molar-refractivity contribution in [2.45, 2.75) is 58.9 Å². The molecule has 0 aliphatic carbocycles. The van der Waals surface area contributed by atoms with E-state index in [1.165, 1.54) is 0 Å². The van der Waals surface area contributed by atoms with Gasteiger partial charge in [-0.15, -0.1) is 0 Å². The molecule has 1 radical (unpaired) electrons. The van der Waals surface area contributed by atoms with Crippen molar-refractivity contribution < 1.29 is 16.5 Å². The quantitative estimate of drug-likeness (QED) is 0.636. The average Bonchev–Trinajstić information content (AvgIpc) is 1.93. The van der Waals surface area contributed by atoms with Gasteiger partial charge in [-0.05, 0) is 58.9 Å². The second kappa shape index (κ2) is 7.08. The molecule has 4 nitrogen and oxygen atoms in total. The number of rotatable bonds is 8. The summed E-state index contributed by atoms with van der Waals surface area (Å²) in [6.45, 7) is 19.5. The second-order valence-corrected chi connectivity index (χ2v) is 24.6. The normalized spacial score (nSPS) is 15.0. The molecule has 0 N–H and O–H groups in total. The van der Waals surface area contributed by atoms with Crippen molar-refractivity contribution in [1.29, 1.82) is 0 Å². The summed E-state index contributed by atoms with van der Waals surface area (Å²) in [4.78, 5) is 0. The first-order valence-electron chi connectivity index (χ1n) is 6.30. The van der Waals surface area contributed by atoms with Gasteiger partial charge in [-0.3, -0.25) is 0 Å². The highest BCUT2D eigenvalue weighted by atomic mass is 28.5. The van der Waals surface area contributed by atoms with Crippen LogP contribution in [0.5, 0.6) is 0 Å². The van der Waals surface area contributed by atoms with E-state index in [2.05, 4.69) is 58.9 Å². The average molecular weight is 342 g/mol. The van der Waals surface area contributed by atoms with Crippen LogP contribution in [0.15, 0.2) is 0 Å². The van der Waals surface area contributed by atoms with E-state index in [-0.39, 0.29) is 0 Å². The van der Waals surface area contributed by atoms with Crippen LogP contribution in [0, 0.1) is 0 Å². The van der Waals surface area contributed by atoms with Gasteiger partial charge in [-0.2, -0.15) is 0 Å². The fraction of sp³-hybridized carbons (Fsp3) is 1.00. The Morgan fingerprint density at radius 3 is 1.33 bits per heavy atom. The molecular weight excluding hydrogens is 313 g/mol. The van der Waals surface area contributed by atoms with Gasteiger partial charge in [-0.25, -0.2) is 0 Å². The summed E-state index contributed by atoms with van der Waals surface area (Å²) in [7, 11) is -7.29. The molecule has 0 bridgehead atoms. The molecule has 109 valence electrons. The Morgan fingerprint density at radius 1 is 0.667 bits per heavy atom. The van der Waals surface area contributed by atoms with Crippen molar-refractivity contribution in [3.8, 4) is 0 Å². The molecule has 0 unspecified atom stereocenters. The van der Waals surface area contributed by atoms with Crippen molar-refractivity contribution in [1.82, 2.24) is 0 Å². The summed E-state index contributed by atoms with van der Waals surface area (Å²) >= 11 is 0. The zero-order chi connectivity index (χ0) is 14.6. The van der Waals surface area contributed by atoms with Crippen LogP contribution in [0.2, 0.25) is 58.9 Å². The van der Waals surface area contributed by atoms with Crippen molar-refractivity contribution in [3.05, 3.63) is 0 Å². The fourth-order valence-corrected chi connectivity index (χ4v) is 9.47. The molecule has 0 saturated carbocycles. The van der Waals surface area contributed by atoms with Gasteiger partial charge in [0.25, 0.3) is 10.0 Å². The van der Waals surface area contributed by atoms with E-state index in [0.29, 0.717) is 0 Å². The minimum Gasteiger partial charge on any atom is -0.441 e. The SMILES string of the molecule is C[Si](C)(C)O[SiH2]O[Si](O[Si](C)(C)C)O[Si](C)(C)C. The van der Waals surface area contributed by atoms with Crippen molar-refractivity contribution >= 4 is 44.5 Å². The molecule has 0 aromatic carbocycles. The third-order valence-corrected chi connectivity index (χ3v) is 13.0. The van der Waals surface area contributed by atoms with E-state index in [9.17, 15) is 0 Å². The predicted octanol–water partition coefficient (Wildman–Crippen LogP) is 2.54. The lowest BCUT2D eigenvalue weighted by atomic mass is 11.8. The first-order chi connectivity index (χ1) is 7.79. The van der Waals surface area contributed by atoms with E-state index in [1.807, 2.05) is 0 Å². The topological polar surface area (TPSA) is 36.9 Å². The van der Waals surface area contributed by atoms with Crippen LogP contribution in [0.1, 0.15) is 0 Å². The summed E-state index contributed by atoms with van der Waals surface area (Å²) in [6.07, 6.45) is 0. The van der Waals surface area contributed by atoms with E-state index < -0.39 is 44.5 Å². The van der Waals surface area contributed by atoms with E-state index >= 15 is 0 Å². The standard InChI is InChI=1S/C9H29O4Si5/c1-16(2,3)11-14-10-15(12-17(4,5)6)13-18(7,8)9/h14H2,1-9H3. The van der Waals surface area contributed by atoms with Gasteiger partial charge in [-0.1, -0.05) is 0 Å². The van der Waals surface area contributed by atoms with Gasteiger partial charge >= 0.3 is 9.53 Å². The van der Waals surface area contributed by atoms with Crippen LogP contribution >= 0.6 is 0 Å². The van der Waals surface area contributed by atoms with Gasteiger partial charge in [0.2, 0.25) is 0 Å². The lowest BCUT2D eigenvalue weighted by Crippen LogP contribution is -2.46. The summed E-state index contributed by atoms with van der Waals surface area (Å²) in [5.41, 5.74) is 0. The molecule has 9 heteroatoms. The Morgan fingerprint density at radius 2 is 1.06 bits per heavy atom. The zero-order valence-electron chi connectivity index (χ0n) is 13.3. The van der Waals surface area contributed by atoms with Gasteiger partial charge in [0.15, 0.2) is 25.0 Å². The molecule has 0 heterocycles. The van der Waals surface area contributed by atoms with Crippen LogP contribution in [0.4, 0.5) is 0 Å². The molecule has 0 aromatic heterocycles. The van der Waals surface area contributed by atoms with Gasteiger partial charge in [0, 0.05) is 0 Å². The summed E-state index contributed by atoms with van der Waals surface area (Å²) in [5, 5.41) is 0. The first kappa shape index (κ1) is 18.9. The predicted molar refractivity (Wildman–Crippen MR) is 88.7 cm³/mol. The smallest absolute Gasteiger partial charge is 0.441 e. The van der Waals surface area contributed by atoms with Crippen LogP contribution in [0.25, 0.3) is 0 Å². The molecule has 0 fully saturated rings. The number of hydrogen-bond donors (Lipinski definition) is 0. The van der Waals surface area contributed by atoms with Crippen LogP contribution in [0.3, 0.4) is 0 Å². The third kappa shape index (κ3) is 13.4. The van der Waals surface area contributed by atoms with Crippen LogP contribution in [-0.2, 0) is 16.5 Å². The molecule has 0 amide bonds. The zero-order valence-corrected chi connectivity index (χ0v) is 18.8. The monoisotopic (exact) mass is 341 g/mol. The third-order valence-electron chi connectivity index (χ3n) is 1.45. The minimum atomic E-state index is -1.62. The highest BCUT2D eigenvalue weighted by Crippen LogP contribution is 2.12.